The molecular weight excluding hydrogens is 331 g/mol. The third-order valence-corrected chi connectivity index (χ3v) is 3.90. The molecule has 3 nitrogen and oxygen atoms in total. The minimum absolute atomic E-state index is 0.0595. The van der Waals surface area contributed by atoms with Gasteiger partial charge in [-0.3, -0.25) is 4.79 Å². The predicted octanol–water partition coefficient (Wildman–Crippen LogP) is 4.94. The van der Waals surface area contributed by atoms with E-state index in [0.29, 0.717) is 16.8 Å². The Labute approximate surface area is 141 Å². The molecule has 25 heavy (non-hydrogen) atoms. The molecule has 2 aromatic carbocycles. The maximum Gasteiger partial charge on any atom is 0.416 e. The lowest BCUT2D eigenvalue weighted by atomic mass is 10.00. The van der Waals surface area contributed by atoms with Crippen LogP contribution in [-0.2, 0) is 17.4 Å². The molecule has 3 aromatic rings. The highest BCUT2D eigenvalue weighted by molar-refractivity contribution is 5.85. The van der Waals surface area contributed by atoms with Gasteiger partial charge in [0.1, 0.15) is 0 Å². The number of aryl methyl sites for hydroxylation is 1. The fraction of sp³-hybridized carbons (Fsp3) is 0.158. The van der Waals surface area contributed by atoms with E-state index in [1.54, 1.807) is 24.3 Å². The molecular formula is C19H14F3NO2. The van der Waals surface area contributed by atoms with Gasteiger partial charge >= 0.3 is 12.1 Å². The zero-order valence-electron chi connectivity index (χ0n) is 13.0. The van der Waals surface area contributed by atoms with Crippen LogP contribution in [0.1, 0.15) is 17.5 Å². The van der Waals surface area contributed by atoms with Crippen molar-refractivity contribution in [3.63, 3.8) is 0 Å². The molecule has 1 aromatic heterocycles. The Morgan fingerprint density at radius 3 is 2.52 bits per heavy atom. The topological polar surface area (TPSA) is 50.2 Å². The number of nitrogens with zero attached hydrogens (tertiary/aromatic N) is 1. The van der Waals surface area contributed by atoms with Crippen LogP contribution in [-0.4, -0.2) is 16.1 Å². The Balaban J connectivity index is 2.12. The van der Waals surface area contributed by atoms with E-state index in [2.05, 4.69) is 4.98 Å². The predicted molar refractivity (Wildman–Crippen MR) is 88.1 cm³/mol. The van der Waals surface area contributed by atoms with Gasteiger partial charge in [-0.1, -0.05) is 30.3 Å². The van der Waals surface area contributed by atoms with E-state index in [1.165, 1.54) is 6.07 Å². The number of carboxylic acid groups (broad SMARTS) is 1. The molecule has 6 heteroatoms. The van der Waals surface area contributed by atoms with Crippen LogP contribution in [0.2, 0.25) is 0 Å². The van der Waals surface area contributed by atoms with Crippen molar-refractivity contribution in [1.29, 1.82) is 0 Å². The lowest BCUT2D eigenvalue weighted by Crippen LogP contribution is -2.05. The van der Waals surface area contributed by atoms with Gasteiger partial charge in [0.2, 0.25) is 0 Å². The molecule has 0 saturated heterocycles. The second-order valence-electron chi connectivity index (χ2n) is 5.66. The summed E-state index contributed by atoms with van der Waals surface area (Å²) in [4.78, 5) is 15.3. The van der Waals surface area contributed by atoms with E-state index in [-0.39, 0.29) is 12.8 Å². The molecule has 128 valence electrons. The average molecular weight is 345 g/mol. The molecule has 0 saturated carbocycles. The second-order valence-corrected chi connectivity index (χ2v) is 5.66. The highest BCUT2D eigenvalue weighted by Gasteiger charge is 2.30. The summed E-state index contributed by atoms with van der Waals surface area (Å²) in [5.41, 5.74) is 1.37. The average Bonchev–Trinajstić information content (AvgIpc) is 2.58. The van der Waals surface area contributed by atoms with Crippen molar-refractivity contribution in [2.45, 2.75) is 19.0 Å². The number of pyridine rings is 1. The van der Waals surface area contributed by atoms with Crippen molar-refractivity contribution in [2.75, 3.05) is 0 Å². The third kappa shape index (κ3) is 3.79. The fourth-order valence-corrected chi connectivity index (χ4v) is 2.70. The van der Waals surface area contributed by atoms with Gasteiger partial charge in [-0.2, -0.15) is 13.2 Å². The minimum atomic E-state index is -4.43. The molecule has 1 heterocycles. The van der Waals surface area contributed by atoms with Gasteiger partial charge in [0.15, 0.2) is 0 Å². The summed E-state index contributed by atoms with van der Waals surface area (Å²) in [5, 5.41) is 9.72. The van der Waals surface area contributed by atoms with Gasteiger partial charge in [-0.15, -0.1) is 0 Å². The molecule has 0 spiro atoms. The maximum absolute atomic E-state index is 12.9. The highest BCUT2D eigenvalue weighted by Crippen LogP contribution is 2.33. The second kappa shape index (κ2) is 6.55. The molecule has 0 atom stereocenters. The maximum atomic E-state index is 12.9. The van der Waals surface area contributed by atoms with Gasteiger partial charge in [0, 0.05) is 17.4 Å². The Bertz CT molecular complexity index is 935. The van der Waals surface area contributed by atoms with Crippen LogP contribution >= 0.6 is 0 Å². The molecule has 0 unspecified atom stereocenters. The molecule has 1 N–H and O–H groups in total. The monoisotopic (exact) mass is 345 g/mol. The van der Waals surface area contributed by atoms with Crippen LogP contribution in [0.25, 0.3) is 22.2 Å². The lowest BCUT2D eigenvalue weighted by molar-refractivity contribution is -0.138. The smallest absolute Gasteiger partial charge is 0.416 e. The zero-order chi connectivity index (χ0) is 18.0. The van der Waals surface area contributed by atoms with Crippen molar-refractivity contribution in [3.8, 4) is 11.3 Å². The van der Waals surface area contributed by atoms with E-state index in [1.807, 2.05) is 12.1 Å². The van der Waals surface area contributed by atoms with E-state index in [4.69, 9.17) is 5.11 Å². The van der Waals surface area contributed by atoms with Gasteiger partial charge in [0.05, 0.1) is 16.8 Å². The number of rotatable bonds is 4. The molecule has 0 amide bonds. The summed E-state index contributed by atoms with van der Waals surface area (Å²) in [6.45, 7) is 0. The van der Waals surface area contributed by atoms with Crippen LogP contribution in [0, 0.1) is 0 Å². The fourth-order valence-electron chi connectivity index (χ4n) is 2.70. The van der Waals surface area contributed by atoms with Crippen LogP contribution in [0.5, 0.6) is 0 Å². The summed E-state index contributed by atoms with van der Waals surface area (Å²) in [6, 6.07) is 13.8. The lowest BCUT2D eigenvalue weighted by Gasteiger charge is -2.11. The number of carbonyl (C=O) groups is 1. The van der Waals surface area contributed by atoms with Crippen molar-refractivity contribution in [1.82, 2.24) is 4.98 Å². The summed E-state index contributed by atoms with van der Waals surface area (Å²) in [5.74, 6) is -0.929. The zero-order valence-corrected chi connectivity index (χ0v) is 13.0. The first-order chi connectivity index (χ1) is 11.8. The van der Waals surface area contributed by atoms with E-state index in [9.17, 15) is 18.0 Å². The summed E-state index contributed by atoms with van der Waals surface area (Å²) >= 11 is 0. The van der Waals surface area contributed by atoms with Crippen molar-refractivity contribution in [3.05, 3.63) is 65.7 Å². The number of hydrogen-bond donors (Lipinski definition) is 1. The first-order valence-electron chi connectivity index (χ1n) is 7.63. The molecule has 0 bridgehead atoms. The number of benzene rings is 2. The van der Waals surface area contributed by atoms with Crippen molar-refractivity contribution in [2.24, 2.45) is 0 Å². The van der Waals surface area contributed by atoms with Gasteiger partial charge in [-0.25, -0.2) is 4.98 Å². The van der Waals surface area contributed by atoms with Crippen LogP contribution in [0.3, 0.4) is 0 Å². The van der Waals surface area contributed by atoms with Crippen LogP contribution in [0.4, 0.5) is 13.2 Å². The number of para-hydroxylation sites is 1. The van der Waals surface area contributed by atoms with Crippen molar-refractivity contribution < 1.29 is 23.1 Å². The van der Waals surface area contributed by atoms with Crippen LogP contribution in [0.15, 0.2) is 54.6 Å². The Hall–Kier alpha value is -2.89. The number of aromatic nitrogens is 1. The van der Waals surface area contributed by atoms with Crippen LogP contribution < -0.4 is 0 Å². The molecule has 0 fully saturated rings. The van der Waals surface area contributed by atoms with E-state index in [0.717, 1.165) is 23.1 Å². The van der Waals surface area contributed by atoms with Crippen molar-refractivity contribution >= 4 is 16.9 Å². The molecule has 0 aliphatic rings. The number of fused-ring (bicyclic) bond motifs is 1. The van der Waals surface area contributed by atoms with Gasteiger partial charge in [-0.05, 0) is 36.2 Å². The number of aliphatic carboxylic acids is 1. The number of halogens is 3. The quantitative estimate of drug-likeness (QED) is 0.729. The first kappa shape index (κ1) is 17.0. The molecule has 3 rings (SSSR count). The minimum Gasteiger partial charge on any atom is -0.481 e. The number of carboxylic acids is 1. The molecule has 0 aliphatic carbocycles. The number of hydrogen-bond acceptors (Lipinski definition) is 2. The summed E-state index contributed by atoms with van der Waals surface area (Å²) in [7, 11) is 0. The summed E-state index contributed by atoms with van der Waals surface area (Å²) < 4.78 is 38.8. The Morgan fingerprint density at radius 2 is 1.80 bits per heavy atom. The van der Waals surface area contributed by atoms with E-state index < -0.39 is 17.7 Å². The Kier molecular flexibility index (Phi) is 4.44. The van der Waals surface area contributed by atoms with E-state index >= 15 is 0 Å². The first-order valence-corrected chi connectivity index (χ1v) is 7.63. The van der Waals surface area contributed by atoms with Gasteiger partial charge < -0.3 is 5.11 Å². The largest absolute Gasteiger partial charge is 0.481 e. The SMILES string of the molecule is O=C(O)CCc1cc(-c2cccc(C(F)(F)F)c2)nc2ccccc12. The van der Waals surface area contributed by atoms with Gasteiger partial charge in [0.25, 0.3) is 0 Å². The standard InChI is InChI=1S/C19H14F3NO2/c20-19(21,22)14-5-3-4-13(10-14)17-11-12(8-9-18(24)25)15-6-1-2-7-16(15)23-17/h1-7,10-11H,8-9H2,(H,24,25). The normalized spacial score (nSPS) is 11.6. The number of alkyl halides is 3. The molecule has 0 aliphatic heterocycles. The Morgan fingerprint density at radius 1 is 1.04 bits per heavy atom. The summed E-state index contributed by atoms with van der Waals surface area (Å²) in [6.07, 6.45) is -4.21. The third-order valence-electron chi connectivity index (χ3n) is 3.90. The highest BCUT2D eigenvalue weighted by atomic mass is 19.4. The molecule has 0 radical (unpaired) electrons.